The second kappa shape index (κ2) is 8.15. The van der Waals surface area contributed by atoms with Crippen LogP contribution in [0.3, 0.4) is 0 Å². The van der Waals surface area contributed by atoms with Gasteiger partial charge in [0.05, 0.1) is 11.3 Å². The molecular weight excluding hydrogens is 351 g/mol. The lowest BCUT2D eigenvalue weighted by Crippen LogP contribution is -2.09. The number of phenolic OH excluding ortho intramolecular Hbond substituents is 1. The molecule has 0 unspecified atom stereocenters. The minimum atomic E-state index is -4.37. The smallest absolute Gasteiger partial charge is 0.416 e. The van der Waals surface area contributed by atoms with E-state index in [-0.39, 0.29) is 17.6 Å². The molecule has 0 amide bonds. The lowest BCUT2D eigenvalue weighted by molar-refractivity contribution is -0.137. The van der Waals surface area contributed by atoms with Crippen molar-refractivity contribution in [3.05, 3.63) is 64.2 Å². The zero-order valence-corrected chi connectivity index (χ0v) is 16.4. The maximum atomic E-state index is 12.9. The van der Waals surface area contributed by atoms with E-state index in [1.807, 2.05) is 46.8 Å². The summed E-state index contributed by atoms with van der Waals surface area (Å²) in [6.07, 6.45) is -4.37. The van der Waals surface area contributed by atoms with Crippen molar-refractivity contribution in [2.45, 2.75) is 52.6 Å². The zero-order valence-electron chi connectivity index (χ0n) is 16.4. The van der Waals surface area contributed by atoms with E-state index in [9.17, 15) is 18.3 Å². The topological polar surface area (TPSA) is 32.6 Å². The molecule has 0 bridgehead atoms. The van der Waals surface area contributed by atoms with Crippen molar-refractivity contribution in [2.24, 2.45) is 4.99 Å². The first-order chi connectivity index (χ1) is 12.6. The SMILES string of the molecule is CC/N=C(\c1ccc(C(F)(F)F)cc1)c1cc(C(C)C)c(O)c(C(C)C)c1. The first kappa shape index (κ1) is 21.0. The molecule has 2 rings (SSSR count). The number of aliphatic imine (C=N–C) groups is 1. The summed E-state index contributed by atoms with van der Waals surface area (Å²) >= 11 is 0. The molecule has 0 heterocycles. The Balaban J connectivity index is 2.62. The normalized spacial score (nSPS) is 12.9. The molecule has 0 radical (unpaired) electrons. The highest BCUT2D eigenvalue weighted by Gasteiger charge is 2.30. The summed E-state index contributed by atoms with van der Waals surface area (Å²) in [6.45, 7) is 10.4. The molecule has 1 N–H and O–H groups in total. The molecule has 0 saturated carbocycles. The Morgan fingerprint density at radius 1 is 0.926 bits per heavy atom. The van der Waals surface area contributed by atoms with Crippen molar-refractivity contribution in [3.63, 3.8) is 0 Å². The van der Waals surface area contributed by atoms with Gasteiger partial charge < -0.3 is 5.11 Å². The van der Waals surface area contributed by atoms with Gasteiger partial charge in [0, 0.05) is 17.7 Å². The standard InChI is InChI=1S/C22H26F3NO/c1-6-26-20(15-7-9-17(10-8-15)22(23,24)25)16-11-18(13(2)3)21(27)19(12-16)14(4)5/h7-14,27H,6H2,1-5H3/b26-20+. The lowest BCUT2D eigenvalue weighted by atomic mass is 9.89. The fourth-order valence-electron chi connectivity index (χ4n) is 3.02. The Kier molecular flexibility index (Phi) is 6.34. The maximum absolute atomic E-state index is 12.9. The number of phenols is 1. The molecule has 0 aliphatic heterocycles. The molecule has 0 atom stereocenters. The Morgan fingerprint density at radius 2 is 1.41 bits per heavy atom. The van der Waals surface area contributed by atoms with Gasteiger partial charge in [0.25, 0.3) is 0 Å². The number of halogens is 3. The van der Waals surface area contributed by atoms with Crippen LogP contribution in [-0.4, -0.2) is 17.4 Å². The zero-order chi connectivity index (χ0) is 20.4. The molecule has 27 heavy (non-hydrogen) atoms. The molecule has 2 aromatic carbocycles. The van der Waals surface area contributed by atoms with Gasteiger partial charge >= 0.3 is 6.18 Å². The minimum absolute atomic E-state index is 0.109. The van der Waals surface area contributed by atoms with E-state index in [1.54, 1.807) is 0 Å². The molecule has 0 aliphatic carbocycles. The summed E-state index contributed by atoms with van der Waals surface area (Å²) in [4.78, 5) is 4.54. The van der Waals surface area contributed by atoms with E-state index in [0.29, 0.717) is 17.8 Å². The predicted octanol–water partition coefficient (Wildman–Crippen LogP) is 6.52. The van der Waals surface area contributed by atoms with Crippen molar-refractivity contribution in [2.75, 3.05) is 6.54 Å². The third kappa shape index (κ3) is 4.71. The van der Waals surface area contributed by atoms with E-state index in [1.165, 1.54) is 12.1 Å². The molecule has 2 aromatic rings. The number of alkyl halides is 3. The highest BCUT2D eigenvalue weighted by molar-refractivity contribution is 6.13. The monoisotopic (exact) mass is 377 g/mol. The molecule has 5 heteroatoms. The Morgan fingerprint density at radius 3 is 1.78 bits per heavy atom. The van der Waals surface area contributed by atoms with E-state index in [0.717, 1.165) is 28.8 Å². The maximum Gasteiger partial charge on any atom is 0.416 e. The van der Waals surface area contributed by atoms with Crippen LogP contribution in [0.1, 0.15) is 74.3 Å². The summed E-state index contributed by atoms with van der Waals surface area (Å²) < 4.78 is 38.6. The van der Waals surface area contributed by atoms with Gasteiger partial charge in [-0.3, -0.25) is 4.99 Å². The third-order valence-corrected chi connectivity index (χ3v) is 4.49. The minimum Gasteiger partial charge on any atom is -0.507 e. The average molecular weight is 377 g/mol. The number of rotatable bonds is 5. The third-order valence-electron chi connectivity index (χ3n) is 4.49. The number of benzene rings is 2. The van der Waals surface area contributed by atoms with Gasteiger partial charge in [0.15, 0.2) is 0 Å². The Hall–Kier alpha value is -2.30. The van der Waals surface area contributed by atoms with E-state index < -0.39 is 11.7 Å². The van der Waals surface area contributed by atoms with Crippen LogP contribution in [0.25, 0.3) is 0 Å². The van der Waals surface area contributed by atoms with Crippen LogP contribution in [0.4, 0.5) is 13.2 Å². The number of aromatic hydroxyl groups is 1. The summed E-state index contributed by atoms with van der Waals surface area (Å²) in [6, 6.07) is 8.83. The summed E-state index contributed by atoms with van der Waals surface area (Å²) in [5.41, 5.74) is 3.01. The second-order valence-electron chi connectivity index (χ2n) is 7.21. The van der Waals surface area contributed by atoms with Crippen LogP contribution in [0, 0.1) is 0 Å². The summed E-state index contributed by atoms with van der Waals surface area (Å²) in [7, 11) is 0. The highest BCUT2D eigenvalue weighted by atomic mass is 19.4. The van der Waals surface area contributed by atoms with Crippen LogP contribution >= 0.6 is 0 Å². The average Bonchev–Trinajstić information content (AvgIpc) is 2.59. The molecule has 0 aliphatic rings. The van der Waals surface area contributed by atoms with Crippen LogP contribution in [-0.2, 0) is 6.18 Å². The largest absolute Gasteiger partial charge is 0.507 e. The van der Waals surface area contributed by atoms with Crippen molar-refractivity contribution in [1.82, 2.24) is 0 Å². The molecule has 0 aromatic heterocycles. The van der Waals surface area contributed by atoms with E-state index in [4.69, 9.17) is 0 Å². The Bertz CT molecular complexity index is 789. The van der Waals surface area contributed by atoms with Gasteiger partial charge in [-0.15, -0.1) is 0 Å². The van der Waals surface area contributed by atoms with Crippen molar-refractivity contribution < 1.29 is 18.3 Å². The molecule has 146 valence electrons. The van der Waals surface area contributed by atoms with Gasteiger partial charge in [0.1, 0.15) is 5.75 Å². The van der Waals surface area contributed by atoms with Gasteiger partial charge in [0.2, 0.25) is 0 Å². The van der Waals surface area contributed by atoms with Gasteiger partial charge in [-0.05, 0) is 54.2 Å². The number of hydrogen-bond acceptors (Lipinski definition) is 2. The molecule has 0 spiro atoms. The predicted molar refractivity (Wildman–Crippen MR) is 104 cm³/mol. The number of nitrogens with zero attached hydrogens (tertiary/aromatic N) is 1. The molecule has 0 saturated heterocycles. The number of hydrogen-bond donors (Lipinski definition) is 1. The van der Waals surface area contributed by atoms with Crippen LogP contribution < -0.4 is 0 Å². The van der Waals surface area contributed by atoms with Crippen LogP contribution in [0.2, 0.25) is 0 Å². The van der Waals surface area contributed by atoms with Crippen molar-refractivity contribution in [1.29, 1.82) is 0 Å². The van der Waals surface area contributed by atoms with E-state index >= 15 is 0 Å². The van der Waals surface area contributed by atoms with Crippen molar-refractivity contribution >= 4 is 5.71 Å². The van der Waals surface area contributed by atoms with Crippen molar-refractivity contribution in [3.8, 4) is 5.75 Å². The Labute approximate surface area is 158 Å². The first-order valence-corrected chi connectivity index (χ1v) is 9.15. The molecular formula is C22H26F3NO. The first-order valence-electron chi connectivity index (χ1n) is 9.15. The van der Waals surface area contributed by atoms with Crippen LogP contribution in [0.5, 0.6) is 5.75 Å². The van der Waals surface area contributed by atoms with E-state index in [2.05, 4.69) is 4.99 Å². The molecule has 2 nitrogen and oxygen atoms in total. The van der Waals surface area contributed by atoms with Gasteiger partial charge in [-0.1, -0.05) is 39.8 Å². The fourth-order valence-corrected chi connectivity index (χ4v) is 3.02. The fraction of sp³-hybridized carbons (Fsp3) is 0.409. The lowest BCUT2D eigenvalue weighted by Gasteiger charge is -2.19. The second-order valence-corrected chi connectivity index (χ2v) is 7.21. The quantitative estimate of drug-likeness (QED) is 0.592. The van der Waals surface area contributed by atoms with Crippen LogP contribution in [0.15, 0.2) is 41.4 Å². The highest BCUT2D eigenvalue weighted by Crippen LogP contribution is 2.36. The van der Waals surface area contributed by atoms with Gasteiger partial charge in [-0.25, -0.2) is 0 Å². The molecule has 0 fully saturated rings. The summed E-state index contributed by atoms with van der Waals surface area (Å²) in [5, 5.41) is 10.6. The van der Waals surface area contributed by atoms with Gasteiger partial charge in [-0.2, -0.15) is 13.2 Å². The summed E-state index contributed by atoms with van der Waals surface area (Å²) in [5.74, 6) is 0.503.